The van der Waals surface area contributed by atoms with Crippen molar-refractivity contribution < 1.29 is 0 Å². The number of benzene rings is 21. The Labute approximate surface area is 790 Å². The van der Waals surface area contributed by atoms with Crippen LogP contribution in [0, 0.1) is 0 Å². The van der Waals surface area contributed by atoms with E-state index in [9.17, 15) is 0 Å². The molecule has 0 saturated heterocycles. The van der Waals surface area contributed by atoms with Gasteiger partial charge in [0.2, 0.25) is 0 Å². The predicted octanol–water partition coefficient (Wildman–Crippen LogP) is 34.7. The third kappa shape index (κ3) is 12.6. The number of hydrogen-bond donors (Lipinski definition) is 0. The number of fused-ring (bicyclic) bond motifs is 26. The topological polar surface area (TPSA) is 32.6 Å². The summed E-state index contributed by atoms with van der Waals surface area (Å²) in [5.41, 5.74) is 39.4. The van der Waals surface area contributed by atoms with E-state index >= 15 is 0 Å². The van der Waals surface area contributed by atoms with E-state index in [4.69, 9.17) is 4.98 Å². The first kappa shape index (κ1) is 78.3. The summed E-state index contributed by atoms with van der Waals surface area (Å²) in [5, 5.41) is 13.9. The molecule has 2 aliphatic rings. The first-order valence-electron chi connectivity index (χ1n) is 46.8. The van der Waals surface area contributed by atoms with Gasteiger partial charge in [0.25, 0.3) is 0 Å². The van der Waals surface area contributed by atoms with Gasteiger partial charge in [0, 0.05) is 85.7 Å². The second-order valence-electron chi connectivity index (χ2n) is 35.9. The molecule has 0 saturated carbocycles. The molecular formula is C130H83N5S. The van der Waals surface area contributed by atoms with E-state index in [-0.39, 0.29) is 5.41 Å². The summed E-state index contributed by atoms with van der Waals surface area (Å²) in [6.07, 6.45) is 0. The second kappa shape index (κ2) is 31.9. The normalized spacial score (nSPS) is 12.3. The first-order chi connectivity index (χ1) is 67.4. The van der Waals surface area contributed by atoms with Gasteiger partial charge < -0.3 is 13.7 Å². The third-order valence-electron chi connectivity index (χ3n) is 28.5. The molecule has 0 amide bonds. The standard InChI is InChI=1S/C45H29N3.C43H27N.C42H27NS/c1-2-11-35(12-3-1)47-41-16-8-5-13-36(41)38-28-33(22-25-43(38)47)30-18-20-31(21-19-30)34-23-26-44-39(29-34)37-14-6-9-17-42(37)48(44)45-27-24-32-10-4-7-15-40(32)46-45;1-2-12-30(13-3-1)44-41-21-11-7-17-35(41)36-26-28(23-25-42(36)44)29-22-24-34-33-16-6-10-20-39(33)43(40(34)27-29)37-18-8-4-14-31(37)32-15-5-9-19-38(32)43;1-3-10-28(11-4-1)30-14-9-15-34(24-30)43-39-17-8-7-16-35(39)36-25-32(18-21-40(36)43)33-20-23-42-38(27-33)37-26-31(19-22-41(37)44-42)29-12-5-2-6-13-29/h1-29H;2*1-27H. The van der Waals surface area contributed by atoms with Crippen LogP contribution in [0.4, 0.5) is 0 Å². The molecule has 21 aromatic carbocycles. The van der Waals surface area contributed by atoms with E-state index in [1.165, 1.54) is 225 Å². The smallest absolute Gasteiger partial charge is 0.138 e. The van der Waals surface area contributed by atoms with Gasteiger partial charge in [0.15, 0.2) is 0 Å². The maximum atomic E-state index is 5.05. The number of thiophene rings is 1. The van der Waals surface area contributed by atoms with E-state index in [0.29, 0.717) is 0 Å². The molecule has 6 heteroatoms. The third-order valence-corrected chi connectivity index (χ3v) is 29.7. The lowest BCUT2D eigenvalue weighted by molar-refractivity contribution is 0.794. The van der Waals surface area contributed by atoms with Crippen LogP contribution >= 0.6 is 11.3 Å². The second-order valence-corrected chi connectivity index (χ2v) is 37.0. The number of hydrogen-bond acceptors (Lipinski definition) is 2. The zero-order valence-corrected chi connectivity index (χ0v) is 74.9. The van der Waals surface area contributed by atoms with Crippen LogP contribution in [0.15, 0.2) is 504 Å². The Morgan fingerprint density at radius 2 is 0.463 bits per heavy atom. The largest absolute Gasteiger partial charge is 0.309 e. The molecule has 5 nitrogen and oxygen atoms in total. The summed E-state index contributed by atoms with van der Waals surface area (Å²) in [7, 11) is 0. The van der Waals surface area contributed by atoms with Crippen molar-refractivity contribution in [1.29, 1.82) is 0 Å². The van der Waals surface area contributed by atoms with Crippen LogP contribution in [0.25, 0.3) is 230 Å². The summed E-state index contributed by atoms with van der Waals surface area (Å²) < 4.78 is 12.1. The molecule has 0 bridgehead atoms. The molecule has 0 aliphatic heterocycles. The zero-order chi connectivity index (χ0) is 89.5. The predicted molar refractivity (Wildman–Crippen MR) is 574 cm³/mol. The highest BCUT2D eigenvalue weighted by Crippen LogP contribution is 2.63. The molecular weight excluding hydrogens is 1660 g/mol. The zero-order valence-electron chi connectivity index (χ0n) is 74.1. The van der Waals surface area contributed by atoms with Crippen molar-refractivity contribution in [2.24, 2.45) is 0 Å². The van der Waals surface area contributed by atoms with Gasteiger partial charge in [0.1, 0.15) is 5.82 Å². The summed E-state index contributed by atoms with van der Waals surface area (Å²) >= 11 is 1.87. The van der Waals surface area contributed by atoms with Gasteiger partial charge in [-0.25, -0.2) is 4.98 Å². The molecule has 2 aliphatic carbocycles. The van der Waals surface area contributed by atoms with Gasteiger partial charge in [-0.15, -0.1) is 11.3 Å². The van der Waals surface area contributed by atoms with Crippen molar-refractivity contribution in [2.75, 3.05) is 0 Å². The Kier molecular flexibility index (Phi) is 18.4. The van der Waals surface area contributed by atoms with E-state index in [1.54, 1.807) is 0 Å². The van der Waals surface area contributed by atoms with Crippen LogP contribution in [0.2, 0.25) is 0 Å². The maximum Gasteiger partial charge on any atom is 0.138 e. The first-order valence-corrected chi connectivity index (χ1v) is 47.6. The van der Waals surface area contributed by atoms with Crippen molar-refractivity contribution >= 4 is 130 Å². The molecule has 0 radical (unpaired) electrons. The molecule has 0 unspecified atom stereocenters. The van der Waals surface area contributed by atoms with Gasteiger partial charge in [-0.1, -0.05) is 346 Å². The SMILES string of the molecule is c1ccc(-c2cccc(-n3c4ccccc4c4cc(-c5ccc6sc7ccc(-c8ccccc8)cc7c6c5)ccc43)c2)cc1.c1ccc(-n2c3ccccc3c3cc(-c4ccc(-c5ccc6c(c5)c5ccccc5n6-c5ccc6ccccc6n5)cc4)ccc32)cc1.c1ccc(-n2c3ccccc3c3cc(-c4ccc5c(c4)C4(c6ccccc6-c6ccccc64)c4ccccc4-5)ccc32)cc1. The van der Waals surface area contributed by atoms with Crippen LogP contribution in [0.1, 0.15) is 22.3 Å². The van der Waals surface area contributed by atoms with Crippen LogP contribution in [0.3, 0.4) is 0 Å². The number of aromatic nitrogens is 5. The molecule has 27 aromatic rings. The van der Waals surface area contributed by atoms with Gasteiger partial charge in [-0.05, 0) is 269 Å². The van der Waals surface area contributed by atoms with Crippen molar-refractivity contribution in [3.63, 3.8) is 0 Å². The minimum atomic E-state index is -0.331. The van der Waals surface area contributed by atoms with Crippen LogP contribution in [-0.2, 0) is 5.41 Å². The molecule has 634 valence electrons. The van der Waals surface area contributed by atoms with Crippen molar-refractivity contribution in [2.45, 2.75) is 5.41 Å². The van der Waals surface area contributed by atoms with E-state index in [0.717, 1.165) is 27.8 Å². The van der Waals surface area contributed by atoms with E-state index in [1.807, 2.05) is 17.4 Å². The Bertz CT molecular complexity index is 9420. The number of pyridine rings is 1. The Balaban J connectivity index is 0.000000104. The Morgan fingerprint density at radius 1 is 0.169 bits per heavy atom. The maximum absolute atomic E-state index is 5.05. The van der Waals surface area contributed by atoms with Crippen LogP contribution in [-0.4, -0.2) is 23.3 Å². The van der Waals surface area contributed by atoms with Crippen LogP contribution < -0.4 is 0 Å². The quantitative estimate of drug-likeness (QED) is 0.134. The van der Waals surface area contributed by atoms with Crippen molar-refractivity contribution in [3.8, 4) is 112 Å². The average Bonchev–Trinajstić information content (AvgIpc) is 1.50. The summed E-state index contributed by atoms with van der Waals surface area (Å²) in [4.78, 5) is 5.05. The lowest BCUT2D eigenvalue weighted by atomic mass is 9.70. The molecule has 0 N–H and O–H groups in total. The Hall–Kier alpha value is -17.6. The highest BCUT2D eigenvalue weighted by Gasteiger charge is 2.51. The summed E-state index contributed by atoms with van der Waals surface area (Å²) in [6.45, 7) is 0. The molecule has 6 heterocycles. The summed E-state index contributed by atoms with van der Waals surface area (Å²) in [5.74, 6) is 0.931. The summed E-state index contributed by atoms with van der Waals surface area (Å²) in [6, 6.07) is 184. The molecule has 1 spiro atoms. The fraction of sp³-hybridized carbons (Fsp3) is 0.00769. The number of nitrogens with zero attached hydrogens (tertiary/aromatic N) is 5. The minimum absolute atomic E-state index is 0.331. The van der Waals surface area contributed by atoms with Gasteiger partial charge in [-0.2, -0.15) is 0 Å². The lowest BCUT2D eigenvalue weighted by Gasteiger charge is -2.30. The fourth-order valence-electron chi connectivity index (χ4n) is 22.4. The molecule has 136 heavy (non-hydrogen) atoms. The van der Waals surface area contributed by atoms with Crippen molar-refractivity contribution in [1.82, 2.24) is 23.3 Å². The van der Waals surface area contributed by atoms with Crippen molar-refractivity contribution in [3.05, 3.63) is 526 Å². The number of para-hydroxylation sites is 7. The molecule has 0 atom stereocenters. The Morgan fingerprint density at radius 3 is 0.919 bits per heavy atom. The highest BCUT2D eigenvalue weighted by atomic mass is 32.1. The van der Waals surface area contributed by atoms with Gasteiger partial charge in [0.05, 0.1) is 55.1 Å². The fourth-order valence-corrected chi connectivity index (χ4v) is 23.4. The number of rotatable bonds is 10. The van der Waals surface area contributed by atoms with Gasteiger partial charge >= 0.3 is 0 Å². The molecule has 29 rings (SSSR count). The monoisotopic (exact) mass is 1750 g/mol. The molecule has 6 aromatic heterocycles. The highest BCUT2D eigenvalue weighted by molar-refractivity contribution is 7.25. The average molecular weight is 1750 g/mol. The minimum Gasteiger partial charge on any atom is -0.309 e. The van der Waals surface area contributed by atoms with E-state index in [2.05, 4.69) is 516 Å². The van der Waals surface area contributed by atoms with E-state index < -0.39 is 0 Å². The molecule has 0 fully saturated rings. The van der Waals surface area contributed by atoms with Crippen LogP contribution in [0.5, 0.6) is 0 Å². The van der Waals surface area contributed by atoms with Gasteiger partial charge in [-0.3, -0.25) is 4.57 Å². The lowest BCUT2D eigenvalue weighted by Crippen LogP contribution is -2.25.